The minimum absolute atomic E-state index is 0.0667. The van der Waals surface area contributed by atoms with Crippen LogP contribution in [0.15, 0.2) is 30.6 Å². The lowest BCUT2D eigenvalue weighted by Crippen LogP contribution is -2.12. The zero-order valence-electron chi connectivity index (χ0n) is 14.4. The van der Waals surface area contributed by atoms with Crippen molar-refractivity contribution in [3.05, 3.63) is 41.7 Å². The number of aromatic nitrogens is 1. The van der Waals surface area contributed by atoms with Crippen LogP contribution in [0.2, 0.25) is 0 Å². The van der Waals surface area contributed by atoms with Gasteiger partial charge in [-0.2, -0.15) is 5.26 Å². The molecule has 1 aliphatic rings. The van der Waals surface area contributed by atoms with Crippen molar-refractivity contribution in [3.63, 3.8) is 0 Å². The Morgan fingerprint density at radius 1 is 1.33 bits per heavy atom. The summed E-state index contributed by atoms with van der Waals surface area (Å²) in [5, 5.41) is 9.48. The van der Waals surface area contributed by atoms with E-state index in [-0.39, 0.29) is 6.10 Å². The van der Waals surface area contributed by atoms with Crippen LogP contribution >= 0.6 is 0 Å². The van der Waals surface area contributed by atoms with Crippen LogP contribution in [0.25, 0.3) is 11.1 Å². The topological polar surface area (TPSA) is 55.1 Å². The largest absolute Gasteiger partial charge is 0.492 e. The molecule has 0 radical (unpaired) electrons. The zero-order valence-corrected chi connectivity index (χ0v) is 14.4. The predicted molar refractivity (Wildman–Crippen MR) is 93.0 cm³/mol. The van der Waals surface area contributed by atoms with Crippen LogP contribution in [0.1, 0.15) is 50.8 Å². The van der Waals surface area contributed by atoms with E-state index in [4.69, 9.17) is 9.47 Å². The number of hydrogen-bond donors (Lipinski definition) is 0. The van der Waals surface area contributed by atoms with Crippen LogP contribution in [-0.4, -0.2) is 11.6 Å². The molecule has 4 nitrogen and oxygen atoms in total. The SMILES string of the molecule is CC(C)CCCOc1cc2c(cc1C#N)-c1ccncc1C(C)O2. The van der Waals surface area contributed by atoms with Gasteiger partial charge in [-0.05, 0) is 43.4 Å². The Morgan fingerprint density at radius 3 is 2.92 bits per heavy atom. The first-order chi connectivity index (χ1) is 11.6. The molecule has 0 saturated heterocycles. The molecule has 3 rings (SSSR count). The Balaban J connectivity index is 1.90. The van der Waals surface area contributed by atoms with Crippen molar-refractivity contribution in [2.24, 2.45) is 5.92 Å². The van der Waals surface area contributed by atoms with Crippen LogP contribution in [0.3, 0.4) is 0 Å². The van der Waals surface area contributed by atoms with Gasteiger partial charge in [0.05, 0.1) is 12.2 Å². The quantitative estimate of drug-likeness (QED) is 0.736. The Labute approximate surface area is 143 Å². The number of benzene rings is 1. The summed E-state index contributed by atoms with van der Waals surface area (Å²) >= 11 is 0. The Bertz CT molecular complexity index is 778. The molecule has 0 spiro atoms. The number of hydrogen-bond acceptors (Lipinski definition) is 4. The van der Waals surface area contributed by atoms with Crippen LogP contribution < -0.4 is 9.47 Å². The molecule has 0 N–H and O–H groups in total. The van der Waals surface area contributed by atoms with E-state index < -0.39 is 0 Å². The molecule has 1 aromatic carbocycles. The van der Waals surface area contributed by atoms with Gasteiger partial charge in [-0.3, -0.25) is 4.98 Å². The third-order valence-electron chi connectivity index (χ3n) is 4.27. The van der Waals surface area contributed by atoms with E-state index in [1.807, 2.05) is 31.3 Å². The summed E-state index contributed by atoms with van der Waals surface area (Å²) < 4.78 is 11.9. The van der Waals surface area contributed by atoms with Crippen LogP contribution in [0.4, 0.5) is 0 Å². The van der Waals surface area contributed by atoms with Crippen LogP contribution in [-0.2, 0) is 0 Å². The van der Waals surface area contributed by atoms with Gasteiger partial charge in [-0.25, -0.2) is 0 Å². The van der Waals surface area contributed by atoms with Gasteiger partial charge >= 0.3 is 0 Å². The average molecular weight is 322 g/mol. The normalized spacial score (nSPS) is 15.2. The maximum absolute atomic E-state index is 9.48. The molecule has 0 amide bonds. The fraction of sp³-hybridized carbons (Fsp3) is 0.400. The van der Waals surface area contributed by atoms with Gasteiger partial charge < -0.3 is 9.47 Å². The van der Waals surface area contributed by atoms with Crippen LogP contribution in [0, 0.1) is 17.2 Å². The lowest BCUT2D eigenvalue weighted by atomic mass is 9.94. The summed E-state index contributed by atoms with van der Waals surface area (Å²) in [6, 6.07) is 7.92. The molecule has 2 heterocycles. The molecule has 1 aliphatic heterocycles. The molecule has 2 aromatic rings. The molecule has 1 aromatic heterocycles. The number of rotatable bonds is 5. The second-order valence-corrected chi connectivity index (χ2v) is 6.56. The fourth-order valence-corrected chi connectivity index (χ4v) is 2.98. The highest BCUT2D eigenvalue weighted by Gasteiger charge is 2.25. The summed E-state index contributed by atoms with van der Waals surface area (Å²) in [7, 11) is 0. The van der Waals surface area contributed by atoms with E-state index in [0.717, 1.165) is 35.3 Å². The number of nitriles is 1. The molecule has 0 aliphatic carbocycles. The van der Waals surface area contributed by atoms with Gasteiger partial charge in [0, 0.05) is 29.6 Å². The van der Waals surface area contributed by atoms with E-state index in [9.17, 15) is 5.26 Å². The van der Waals surface area contributed by atoms with Crippen molar-refractivity contribution >= 4 is 0 Å². The van der Waals surface area contributed by atoms with E-state index in [0.29, 0.717) is 23.8 Å². The molecule has 1 unspecified atom stereocenters. The van der Waals surface area contributed by atoms with Gasteiger partial charge in [0.15, 0.2) is 0 Å². The molecule has 124 valence electrons. The van der Waals surface area contributed by atoms with Gasteiger partial charge in [-0.15, -0.1) is 0 Å². The van der Waals surface area contributed by atoms with Gasteiger partial charge in [0.1, 0.15) is 23.7 Å². The molecular formula is C20H22N2O2. The third kappa shape index (κ3) is 3.21. The standard InChI is InChI=1S/C20H22N2O2/c1-13(2)5-4-8-23-19-10-20-17(9-15(19)11-21)16-6-7-22-12-18(16)14(3)24-20/h6-7,9-10,12-14H,4-5,8H2,1-3H3. The highest BCUT2D eigenvalue weighted by atomic mass is 16.5. The first kappa shape index (κ1) is 16.3. The first-order valence-corrected chi connectivity index (χ1v) is 8.42. The third-order valence-corrected chi connectivity index (χ3v) is 4.27. The van der Waals surface area contributed by atoms with Crippen molar-refractivity contribution in [1.82, 2.24) is 4.98 Å². The van der Waals surface area contributed by atoms with Crippen LogP contribution in [0.5, 0.6) is 11.5 Å². The van der Waals surface area contributed by atoms with Crippen molar-refractivity contribution < 1.29 is 9.47 Å². The van der Waals surface area contributed by atoms with Crippen molar-refractivity contribution in [2.75, 3.05) is 6.61 Å². The maximum Gasteiger partial charge on any atom is 0.140 e. The summed E-state index contributed by atoms with van der Waals surface area (Å²) in [5.74, 6) is 2.02. The molecular weight excluding hydrogens is 300 g/mol. The molecule has 0 fully saturated rings. The second kappa shape index (κ2) is 6.92. The molecule has 24 heavy (non-hydrogen) atoms. The van der Waals surface area contributed by atoms with Gasteiger partial charge in [0.2, 0.25) is 0 Å². The Morgan fingerprint density at radius 2 is 2.17 bits per heavy atom. The highest BCUT2D eigenvalue weighted by Crippen LogP contribution is 2.44. The lowest BCUT2D eigenvalue weighted by Gasteiger charge is -2.26. The predicted octanol–water partition coefficient (Wildman–Crippen LogP) is 4.89. The van der Waals surface area contributed by atoms with Crippen molar-refractivity contribution in [1.29, 1.82) is 5.26 Å². The van der Waals surface area contributed by atoms with E-state index in [2.05, 4.69) is 24.9 Å². The number of pyridine rings is 1. The minimum atomic E-state index is -0.0667. The number of fused-ring (bicyclic) bond motifs is 3. The Hall–Kier alpha value is -2.54. The fourth-order valence-electron chi connectivity index (χ4n) is 2.98. The smallest absolute Gasteiger partial charge is 0.140 e. The lowest BCUT2D eigenvalue weighted by molar-refractivity contribution is 0.220. The maximum atomic E-state index is 9.48. The first-order valence-electron chi connectivity index (χ1n) is 8.42. The van der Waals surface area contributed by atoms with Gasteiger partial charge in [-0.1, -0.05) is 13.8 Å². The van der Waals surface area contributed by atoms with E-state index in [1.165, 1.54) is 0 Å². The number of nitrogens with zero attached hydrogens (tertiary/aromatic N) is 2. The summed E-state index contributed by atoms with van der Waals surface area (Å²) in [5.41, 5.74) is 3.58. The van der Waals surface area contributed by atoms with Gasteiger partial charge in [0.25, 0.3) is 0 Å². The van der Waals surface area contributed by atoms with E-state index >= 15 is 0 Å². The molecule has 0 bridgehead atoms. The zero-order chi connectivity index (χ0) is 17.1. The van der Waals surface area contributed by atoms with E-state index in [1.54, 1.807) is 6.20 Å². The number of ether oxygens (including phenoxy) is 2. The monoisotopic (exact) mass is 322 g/mol. The molecule has 0 saturated carbocycles. The minimum Gasteiger partial charge on any atom is -0.492 e. The average Bonchev–Trinajstić information content (AvgIpc) is 2.58. The Kier molecular flexibility index (Phi) is 4.71. The summed E-state index contributed by atoms with van der Waals surface area (Å²) in [6.45, 7) is 7.01. The molecule has 4 heteroatoms. The van der Waals surface area contributed by atoms with Crippen molar-refractivity contribution in [3.8, 4) is 28.7 Å². The molecule has 1 atom stereocenters. The summed E-state index contributed by atoms with van der Waals surface area (Å²) in [6.07, 6.45) is 5.61. The van der Waals surface area contributed by atoms with Crippen molar-refractivity contribution in [2.45, 2.75) is 39.7 Å². The summed E-state index contributed by atoms with van der Waals surface area (Å²) in [4.78, 5) is 4.18. The highest BCUT2D eigenvalue weighted by molar-refractivity contribution is 5.78. The second-order valence-electron chi connectivity index (χ2n) is 6.56.